The third-order valence-corrected chi connectivity index (χ3v) is 1.37. The Balaban J connectivity index is 0.000000202. The quantitative estimate of drug-likeness (QED) is 0.567. The van der Waals surface area contributed by atoms with Gasteiger partial charge >= 0.3 is 0 Å². The number of hydrogen-bond acceptors (Lipinski definition) is 4. The first kappa shape index (κ1) is 11.8. The molecule has 0 bridgehead atoms. The number of rotatable bonds is 3. The van der Waals surface area contributed by atoms with Crippen molar-refractivity contribution in [3.63, 3.8) is 0 Å². The predicted molar refractivity (Wildman–Crippen MR) is 49.5 cm³/mol. The number of nitrogens with one attached hydrogen (secondary N) is 2. The molecule has 1 aliphatic rings. The fourth-order valence-electron chi connectivity index (χ4n) is 0.690. The molecule has 74 valence electrons. The zero-order chi connectivity index (χ0) is 9.07. The topological polar surface area (TPSA) is 42.5 Å². The lowest BCUT2D eigenvalue weighted by molar-refractivity contribution is -0.0334. The Morgan fingerprint density at radius 2 is 1.17 bits per heavy atom. The van der Waals surface area contributed by atoms with Gasteiger partial charge in [-0.25, -0.2) is 0 Å². The minimum atomic E-state index is 0.778. The van der Waals surface area contributed by atoms with Crippen LogP contribution < -0.4 is 10.6 Å². The van der Waals surface area contributed by atoms with E-state index in [-0.39, 0.29) is 0 Å². The molecule has 0 amide bonds. The highest BCUT2D eigenvalue weighted by atomic mass is 16.6. The van der Waals surface area contributed by atoms with Crippen LogP contribution in [0.25, 0.3) is 0 Å². The second kappa shape index (κ2) is 10.8. The van der Waals surface area contributed by atoms with Crippen LogP contribution in [0.15, 0.2) is 0 Å². The maximum Gasteiger partial charge on any atom is 0.0701 e. The highest BCUT2D eigenvalue weighted by molar-refractivity contribution is 4.38. The monoisotopic (exact) mass is 176 g/mol. The Morgan fingerprint density at radius 3 is 1.33 bits per heavy atom. The lowest BCUT2D eigenvalue weighted by Crippen LogP contribution is -2.21. The van der Waals surface area contributed by atoms with Crippen molar-refractivity contribution in [2.24, 2.45) is 0 Å². The fourth-order valence-corrected chi connectivity index (χ4v) is 0.690. The van der Waals surface area contributed by atoms with Gasteiger partial charge < -0.3 is 20.1 Å². The molecule has 0 aliphatic carbocycles. The Hall–Kier alpha value is -0.160. The molecular weight excluding hydrogens is 156 g/mol. The molecular formula is C8H20N2O2. The second-order valence-electron chi connectivity index (χ2n) is 2.43. The van der Waals surface area contributed by atoms with Crippen molar-refractivity contribution in [2.45, 2.75) is 0 Å². The van der Waals surface area contributed by atoms with Gasteiger partial charge in [0.05, 0.1) is 26.4 Å². The summed E-state index contributed by atoms with van der Waals surface area (Å²) in [6.45, 7) is 5.22. The third kappa shape index (κ3) is 9.84. The summed E-state index contributed by atoms with van der Waals surface area (Å²) in [5, 5.41) is 6.01. The molecule has 4 nitrogen and oxygen atoms in total. The van der Waals surface area contributed by atoms with E-state index in [1.807, 2.05) is 14.1 Å². The summed E-state index contributed by atoms with van der Waals surface area (Å²) in [6.07, 6.45) is 0. The van der Waals surface area contributed by atoms with Crippen LogP contribution in [0, 0.1) is 0 Å². The molecule has 1 saturated heterocycles. The first-order valence-corrected chi connectivity index (χ1v) is 4.36. The molecule has 0 aromatic carbocycles. The Morgan fingerprint density at radius 1 is 0.833 bits per heavy atom. The predicted octanol–water partition coefficient (Wildman–Crippen LogP) is -0.542. The van der Waals surface area contributed by atoms with E-state index in [9.17, 15) is 0 Å². The largest absolute Gasteiger partial charge is 0.377 e. The summed E-state index contributed by atoms with van der Waals surface area (Å²) in [5.74, 6) is 0. The maximum atomic E-state index is 4.94. The summed E-state index contributed by atoms with van der Waals surface area (Å²) in [5.41, 5.74) is 0. The minimum absolute atomic E-state index is 0.778. The molecule has 2 N–H and O–H groups in total. The zero-order valence-corrected chi connectivity index (χ0v) is 8.06. The van der Waals surface area contributed by atoms with Gasteiger partial charge in [-0.1, -0.05) is 0 Å². The SMILES string of the molecule is C1COCCO1.CNCCNC. The van der Waals surface area contributed by atoms with Crippen molar-refractivity contribution >= 4 is 0 Å². The summed E-state index contributed by atoms with van der Waals surface area (Å²) in [4.78, 5) is 0. The molecule has 0 aromatic heterocycles. The van der Waals surface area contributed by atoms with Crippen molar-refractivity contribution in [1.29, 1.82) is 0 Å². The summed E-state index contributed by atoms with van der Waals surface area (Å²) in [6, 6.07) is 0. The third-order valence-electron chi connectivity index (χ3n) is 1.37. The van der Waals surface area contributed by atoms with Crippen LogP contribution in [0.4, 0.5) is 0 Å². The van der Waals surface area contributed by atoms with E-state index in [4.69, 9.17) is 9.47 Å². The van der Waals surface area contributed by atoms with Crippen molar-refractivity contribution in [3.8, 4) is 0 Å². The lowest BCUT2D eigenvalue weighted by Gasteiger charge is -2.09. The van der Waals surface area contributed by atoms with Crippen LogP contribution in [-0.4, -0.2) is 53.6 Å². The Bertz CT molecular complexity index is 61.9. The fraction of sp³-hybridized carbons (Fsp3) is 1.00. The van der Waals surface area contributed by atoms with E-state index in [0.29, 0.717) is 0 Å². The molecule has 0 unspecified atom stereocenters. The normalized spacial score (nSPS) is 16.5. The van der Waals surface area contributed by atoms with Gasteiger partial charge in [-0.15, -0.1) is 0 Å². The van der Waals surface area contributed by atoms with Crippen molar-refractivity contribution < 1.29 is 9.47 Å². The molecule has 0 radical (unpaired) electrons. The lowest BCUT2D eigenvalue weighted by atomic mass is 10.6. The van der Waals surface area contributed by atoms with Gasteiger partial charge in [-0.2, -0.15) is 0 Å². The van der Waals surface area contributed by atoms with Crippen molar-refractivity contribution in [1.82, 2.24) is 10.6 Å². The summed E-state index contributed by atoms with van der Waals surface area (Å²) in [7, 11) is 3.88. The van der Waals surface area contributed by atoms with Crippen LogP contribution in [0.2, 0.25) is 0 Å². The van der Waals surface area contributed by atoms with Crippen LogP contribution >= 0.6 is 0 Å². The molecule has 1 heterocycles. The van der Waals surface area contributed by atoms with E-state index in [1.54, 1.807) is 0 Å². The number of ether oxygens (including phenoxy) is 2. The summed E-state index contributed by atoms with van der Waals surface area (Å²) >= 11 is 0. The van der Waals surface area contributed by atoms with E-state index in [2.05, 4.69) is 10.6 Å². The average molecular weight is 176 g/mol. The molecule has 1 aliphatic heterocycles. The van der Waals surface area contributed by atoms with E-state index < -0.39 is 0 Å². The first-order valence-electron chi connectivity index (χ1n) is 4.36. The number of hydrogen-bond donors (Lipinski definition) is 2. The number of likely N-dealkylation sites (N-methyl/N-ethyl adjacent to an activating group) is 2. The van der Waals surface area contributed by atoms with E-state index in [1.165, 1.54) is 0 Å². The molecule has 1 rings (SSSR count). The second-order valence-corrected chi connectivity index (χ2v) is 2.43. The van der Waals surface area contributed by atoms with E-state index in [0.717, 1.165) is 39.5 Å². The smallest absolute Gasteiger partial charge is 0.0701 e. The molecule has 4 heteroatoms. The molecule has 12 heavy (non-hydrogen) atoms. The Kier molecular flexibility index (Phi) is 10.7. The zero-order valence-electron chi connectivity index (χ0n) is 8.06. The van der Waals surface area contributed by atoms with Gasteiger partial charge in [0.15, 0.2) is 0 Å². The van der Waals surface area contributed by atoms with Crippen LogP contribution in [0.1, 0.15) is 0 Å². The highest BCUT2D eigenvalue weighted by Gasteiger charge is 1.94. The van der Waals surface area contributed by atoms with Gasteiger partial charge in [-0.05, 0) is 14.1 Å². The van der Waals surface area contributed by atoms with Crippen molar-refractivity contribution in [3.05, 3.63) is 0 Å². The van der Waals surface area contributed by atoms with Crippen LogP contribution in [-0.2, 0) is 9.47 Å². The highest BCUT2D eigenvalue weighted by Crippen LogP contribution is 1.85. The molecule has 0 aromatic rings. The van der Waals surface area contributed by atoms with Gasteiger partial charge in [0.2, 0.25) is 0 Å². The van der Waals surface area contributed by atoms with E-state index >= 15 is 0 Å². The standard InChI is InChI=1S/C4H12N2.C4H8O2/c1-5-3-4-6-2;1-2-6-4-3-5-1/h5-6H,3-4H2,1-2H3;1-4H2. The molecule has 0 saturated carbocycles. The van der Waals surface area contributed by atoms with Crippen LogP contribution in [0.5, 0.6) is 0 Å². The first-order chi connectivity index (χ1) is 5.91. The minimum Gasteiger partial charge on any atom is -0.377 e. The van der Waals surface area contributed by atoms with Gasteiger partial charge in [0.25, 0.3) is 0 Å². The maximum absolute atomic E-state index is 4.94. The van der Waals surface area contributed by atoms with Crippen LogP contribution in [0.3, 0.4) is 0 Å². The molecule has 0 spiro atoms. The molecule has 0 atom stereocenters. The van der Waals surface area contributed by atoms with Crippen molar-refractivity contribution in [2.75, 3.05) is 53.6 Å². The molecule has 1 fully saturated rings. The average Bonchev–Trinajstić information content (AvgIpc) is 2.18. The van der Waals surface area contributed by atoms with Gasteiger partial charge in [-0.3, -0.25) is 0 Å². The van der Waals surface area contributed by atoms with Gasteiger partial charge in [0.1, 0.15) is 0 Å². The Labute approximate surface area is 74.6 Å². The van der Waals surface area contributed by atoms with Gasteiger partial charge in [0, 0.05) is 13.1 Å². The summed E-state index contributed by atoms with van der Waals surface area (Å²) < 4.78 is 9.89.